The molecule has 0 fully saturated rings. The number of ether oxygens (including phenoxy) is 1. The topological polar surface area (TPSA) is 68.3 Å². The molecule has 1 aromatic heterocycles. The third-order valence-corrected chi connectivity index (χ3v) is 5.22. The average molecular weight is 319 g/mol. The number of thiazole rings is 1. The molecule has 19 heavy (non-hydrogen) atoms. The second-order valence-electron chi connectivity index (χ2n) is 3.63. The summed E-state index contributed by atoms with van der Waals surface area (Å²) >= 11 is 6.55. The van der Waals surface area contributed by atoms with Gasteiger partial charge in [0.2, 0.25) is 0 Å². The lowest BCUT2D eigenvalue weighted by atomic mass is 10.2. The zero-order valence-electron chi connectivity index (χ0n) is 9.96. The van der Waals surface area contributed by atoms with Crippen LogP contribution in [-0.4, -0.2) is 20.5 Å². The highest BCUT2D eigenvalue weighted by Gasteiger charge is 2.18. The first-order valence-electron chi connectivity index (χ1n) is 5.24. The second kappa shape index (κ2) is 5.87. The summed E-state index contributed by atoms with van der Waals surface area (Å²) in [7, 11) is -2.12. The van der Waals surface area contributed by atoms with Gasteiger partial charge in [-0.3, -0.25) is 4.72 Å². The predicted octanol–water partition coefficient (Wildman–Crippen LogP) is 2.74. The second-order valence-corrected chi connectivity index (χ2v) is 7.15. The molecular weight excluding hydrogens is 308 g/mol. The third-order valence-electron chi connectivity index (χ3n) is 2.28. The molecule has 5 nitrogen and oxygen atoms in total. The van der Waals surface area contributed by atoms with E-state index < -0.39 is 10.0 Å². The number of halogens is 1. The van der Waals surface area contributed by atoms with Gasteiger partial charge in [0.1, 0.15) is 0 Å². The van der Waals surface area contributed by atoms with E-state index in [0.29, 0.717) is 12.3 Å². The fraction of sp³-hybridized carbons (Fsp3) is 0.182. The summed E-state index contributed by atoms with van der Waals surface area (Å²) in [4.78, 5) is 3.72. The minimum atomic E-state index is -3.67. The van der Waals surface area contributed by atoms with E-state index in [2.05, 4.69) is 9.71 Å². The molecule has 0 radical (unpaired) electrons. The molecule has 0 spiro atoms. The first-order valence-corrected chi connectivity index (χ1v) is 7.91. The van der Waals surface area contributed by atoms with Crippen LogP contribution in [0.3, 0.4) is 0 Å². The Bertz CT molecular complexity index is 670. The van der Waals surface area contributed by atoms with E-state index in [-0.39, 0.29) is 8.68 Å². The molecule has 1 heterocycles. The lowest BCUT2D eigenvalue weighted by Crippen LogP contribution is -2.13. The molecule has 1 N–H and O–H groups in total. The van der Waals surface area contributed by atoms with Crippen molar-refractivity contribution < 1.29 is 13.2 Å². The number of nitrogens with zero attached hydrogens (tertiary/aromatic N) is 1. The van der Waals surface area contributed by atoms with Gasteiger partial charge < -0.3 is 4.74 Å². The summed E-state index contributed by atoms with van der Waals surface area (Å²) in [6, 6.07) is 7.03. The zero-order valence-corrected chi connectivity index (χ0v) is 12.3. The number of methoxy groups -OCH3 is 1. The largest absolute Gasteiger partial charge is 0.380 e. The van der Waals surface area contributed by atoms with E-state index in [0.717, 1.165) is 16.9 Å². The molecule has 0 atom stereocenters. The van der Waals surface area contributed by atoms with Crippen LogP contribution in [0.2, 0.25) is 4.47 Å². The fourth-order valence-corrected chi connectivity index (χ4v) is 3.85. The maximum atomic E-state index is 12.1. The molecule has 0 saturated heterocycles. The Morgan fingerprint density at radius 3 is 2.79 bits per heavy atom. The zero-order chi connectivity index (χ0) is 13.9. The van der Waals surface area contributed by atoms with Crippen LogP contribution >= 0.6 is 22.9 Å². The van der Waals surface area contributed by atoms with Gasteiger partial charge in [0.05, 0.1) is 18.5 Å². The summed E-state index contributed by atoms with van der Waals surface area (Å²) in [6.45, 7) is 0.322. The van der Waals surface area contributed by atoms with E-state index >= 15 is 0 Å². The van der Waals surface area contributed by atoms with Crippen LogP contribution in [0.1, 0.15) is 5.56 Å². The number of hydrogen-bond donors (Lipinski definition) is 1. The molecule has 0 aliphatic rings. The smallest absolute Gasteiger partial charge is 0.273 e. The minimum absolute atomic E-state index is 0.0738. The quantitative estimate of drug-likeness (QED) is 0.920. The normalized spacial score (nSPS) is 11.5. The van der Waals surface area contributed by atoms with E-state index in [1.54, 1.807) is 25.3 Å². The molecule has 0 bridgehead atoms. The van der Waals surface area contributed by atoms with E-state index in [1.165, 1.54) is 6.20 Å². The van der Waals surface area contributed by atoms with Gasteiger partial charge in [-0.05, 0) is 6.07 Å². The first kappa shape index (κ1) is 14.3. The van der Waals surface area contributed by atoms with Crippen LogP contribution in [0, 0.1) is 0 Å². The molecule has 0 aliphatic heterocycles. The van der Waals surface area contributed by atoms with Crippen LogP contribution in [0.15, 0.2) is 34.7 Å². The highest BCUT2D eigenvalue weighted by molar-refractivity contribution is 7.94. The fourth-order valence-electron chi connectivity index (χ4n) is 1.46. The third kappa shape index (κ3) is 3.44. The van der Waals surface area contributed by atoms with Crippen molar-refractivity contribution in [3.8, 4) is 0 Å². The maximum absolute atomic E-state index is 12.1. The number of benzene rings is 1. The highest BCUT2D eigenvalue weighted by atomic mass is 35.5. The summed E-state index contributed by atoms with van der Waals surface area (Å²) in [5.41, 5.74) is 1.23. The van der Waals surface area contributed by atoms with Gasteiger partial charge >= 0.3 is 0 Å². The van der Waals surface area contributed by atoms with Gasteiger partial charge in [-0.15, -0.1) is 0 Å². The number of hydrogen-bond acceptors (Lipinski definition) is 5. The first-order chi connectivity index (χ1) is 9.03. The van der Waals surface area contributed by atoms with Crippen LogP contribution in [0.4, 0.5) is 5.69 Å². The van der Waals surface area contributed by atoms with Crippen LogP contribution in [0.5, 0.6) is 0 Å². The molecule has 1 aromatic carbocycles. The molecular formula is C11H11ClN2O3S2. The van der Waals surface area contributed by atoms with Gasteiger partial charge in [-0.2, -0.15) is 0 Å². The van der Waals surface area contributed by atoms with E-state index in [1.807, 2.05) is 6.07 Å². The highest BCUT2D eigenvalue weighted by Crippen LogP contribution is 2.26. The average Bonchev–Trinajstić information content (AvgIpc) is 2.79. The van der Waals surface area contributed by atoms with Crippen molar-refractivity contribution in [2.75, 3.05) is 11.8 Å². The lowest BCUT2D eigenvalue weighted by molar-refractivity contribution is 0.185. The molecule has 0 amide bonds. The number of sulfonamides is 1. The van der Waals surface area contributed by atoms with E-state index in [4.69, 9.17) is 16.3 Å². The van der Waals surface area contributed by atoms with E-state index in [9.17, 15) is 8.42 Å². The SMILES string of the molecule is COCc1ccccc1NS(=O)(=O)c1cnc(Cl)s1. The van der Waals surface area contributed by atoms with Gasteiger partial charge in [0.15, 0.2) is 8.68 Å². The Morgan fingerprint density at radius 2 is 2.16 bits per heavy atom. The number of nitrogens with one attached hydrogen (secondary N) is 1. The van der Waals surface area contributed by atoms with Crippen molar-refractivity contribution in [2.45, 2.75) is 10.8 Å². The van der Waals surface area contributed by atoms with Crippen LogP contribution < -0.4 is 4.72 Å². The predicted molar refractivity (Wildman–Crippen MR) is 75.1 cm³/mol. The summed E-state index contributed by atoms with van der Waals surface area (Å²) in [5, 5.41) is 0. The van der Waals surface area contributed by atoms with Crippen molar-refractivity contribution in [1.82, 2.24) is 4.98 Å². The number of aromatic nitrogens is 1. The van der Waals surface area contributed by atoms with Crippen molar-refractivity contribution >= 4 is 38.6 Å². The van der Waals surface area contributed by atoms with Crippen LogP contribution in [0.25, 0.3) is 0 Å². The molecule has 0 saturated carbocycles. The number of para-hydroxylation sites is 1. The molecule has 0 aliphatic carbocycles. The van der Waals surface area contributed by atoms with Crippen molar-refractivity contribution in [3.63, 3.8) is 0 Å². The van der Waals surface area contributed by atoms with Crippen LogP contribution in [-0.2, 0) is 21.4 Å². The number of anilines is 1. The van der Waals surface area contributed by atoms with Crippen molar-refractivity contribution in [3.05, 3.63) is 40.5 Å². The van der Waals surface area contributed by atoms with Gasteiger partial charge in [-0.25, -0.2) is 13.4 Å². The van der Waals surface area contributed by atoms with Gasteiger partial charge in [0, 0.05) is 12.7 Å². The van der Waals surface area contributed by atoms with Gasteiger partial charge in [0.25, 0.3) is 10.0 Å². The molecule has 8 heteroatoms. The van der Waals surface area contributed by atoms with Gasteiger partial charge in [-0.1, -0.05) is 41.1 Å². The Kier molecular flexibility index (Phi) is 4.41. The van der Waals surface area contributed by atoms with Crippen molar-refractivity contribution in [1.29, 1.82) is 0 Å². The minimum Gasteiger partial charge on any atom is -0.380 e. The Labute approximate surface area is 120 Å². The molecule has 102 valence electrons. The van der Waals surface area contributed by atoms with Crippen molar-refractivity contribution in [2.24, 2.45) is 0 Å². The lowest BCUT2D eigenvalue weighted by Gasteiger charge is -2.10. The monoisotopic (exact) mass is 318 g/mol. The summed E-state index contributed by atoms with van der Waals surface area (Å²) in [6.07, 6.45) is 1.23. The maximum Gasteiger partial charge on any atom is 0.273 e. The molecule has 2 rings (SSSR count). The Hall–Kier alpha value is -1.15. The standard InChI is InChI=1S/C11H11ClN2O3S2/c1-17-7-8-4-2-3-5-9(8)14-19(15,16)10-6-13-11(12)18-10/h2-6,14H,7H2,1H3. The molecule has 0 unspecified atom stereocenters. The number of rotatable bonds is 5. The Morgan fingerprint density at radius 1 is 1.42 bits per heavy atom. The molecule has 2 aromatic rings. The summed E-state index contributed by atoms with van der Waals surface area (Å²) < 4.78 is 32.1. The Balaban J connectivity index is 2.30. The summed E-state index contributed by atoms with van der Waals surface area (Å²) in [5.74, 6) is 0.